The molecule has 0 radical (unpaired) electrons. The van der Waals surface area contributed by atoms with Gasteiger partial charge in [0.15, 0.2) is 6.61 Å². The average molecular weight is 333 g/mol. The summed E-state index contributed by atoms with van der Waals surface area (Å²) in [6, 6.07) is 10.2. The summed E-state index contributed by atoms with van der Waals surface area (Å²) in [5.41, 5.74) is 4.99. The normalized spacial score (nSPS) is 10.7. The molecule has 1 amide bonds. The van der Waals surface area contributed by atoms with Crippen LogP contribution in [0.2, 0.25) is 5.02 Å². The van der Waals surface area contributed by atoms with Crippen molar-refractivity contribution >= 4 is 23.7 Å². The van der Waals surface area contributed by atoms with Crippen LogP contribution in [0.1, 0.15) is 16.7 Å². The van der Waals surface area contributed by atoms with Crippen LogP contribution in [0.5, 0.6) is 11.5 Å². The van der Waals surface area contributed by atoms with E-state index in [4.69, 9.17) is 16.3 Å². The van der Waals surface area contributed by atoms with Gasteiger partial charge in [0, 0.05) is 10.6 Å². The zero-order chi connectivity index (χ0) is 16.8. The van der Waals surface area contributed by atoms with Gasteiger partial charge >= 0.3 is 0 Å². The van der Waals surface area contributed by atoms with E-state index in [1.807, 2.05) is 32.0 Å². The molecule has 120 valence electrons. The fourth-order valence-corrected chi connectivity index (χ4v) is 1.97. The lowest BCUT2D eigenvalue weighted by atomic mass is 10.1. The summed E-state index contributed by atoms with van der Waals surface area (Å²) in [4.78, 5) is 11.7. The van der Waals surface area contributed by atoms with Crippen molar-refractivity contribution in [3.8, 4) is 11.5 Å². The summed E-state index contributed by atoms with van der Waals surface area (Å²) in [6.07, 6.45) is 1.31. The molecule has 0 spiro atoms. The summed E-state index contributed by atoms with van der Waals surface area (Å²) < 4.78 is 5.39. The fourth-order valence-electron chi connectivity index (χ4n) is 1.79. The second-order valence-electron chi connectivity index (χ2n) is 5.03. The van der Waals surface area contributed by atoms with Gasteiger partial charge in [-0.25, -0.2) is 5.43 Å². The molecule has 0 aliphatic carbocycles. The van der Waals surface area contributed by atoms with E-state index in [1.165, 1.54) is 18.3 Å². The van der Waals surface area contributed by atoms with Crippen molar-refractivity contribution in [2.75, 3.05) is 6.61 Å². The Morgan fingerprint density at radius 3 is 2.78 bits per heavy atom. The summed E-state index contributed by atoms with van der Waals surface area (Å²) in [6.45, 7) is 3.83. The molecule has 2 aromatic rings. The smallest absolute Gasteiger partial charge is 0.277 e. The minimum Gasteiger partial charge on any atom is -0.507 e. The van der Waals surface area contributed by atoms with Gasteiger partial charge < -0.3 is 9.84 Å². The first kappa shape index (κ1) is 16.8. The highest BCUT2D eigenvalue weighted by atomic mass is 35.5. The predicted molar refractivity (Wildman–Crippen MR) is 90.3 cm³/mol. The number of ether oxygens (including phenoxy) is 1. The van der Waals surface area contributed by atoms with Crippen LogP contribution in [-0.2, 0) is 4.79 Å². The molecule has 0 fully saturated rings. The number of carbonyl (C=O) groups is 1. The molecular weight excluding hydrogens is 316 g/mol. The number of aryl methyl sites for hydroxylation is 2. The number of phenols is 1. The highest BCUT2D eigenvalue weighted by Crippen LogP contribution is 2.19. The third-order valence-electron chi connectivity index (χ3n) is 3.23. The number of phenolic OH excluding ortho intramolecular Hbond substituents is 1. The number of benzene rings is 2. The van der Waals surface area contributed by atoms with Gasteiger partial charge in [-0.05, 0) is 55.3 Å². The molecule has 0 saturated carbocycles. The number of carbonyl (C=O) groups excluding carboxylic acids is 1. The van der Waals surface area contributed by atoms with Crippen LogP contribution in [0.25, 0.3) is 0 Å². The van der Waals surface area contributed by atoms with E-state index in [9.17, 15) is 9.90 Å². The molecule has 0 atom stereocenters. The van der Waals surface area contributed by atoms with E-state index in [-0.39, 0.29) is 12.4 Å². The van der Waals surface area contributed by atoms with Gasteiger partial charge in [0.1, 0.15) is 11.5 Å². The highest BCUT2D eigenvalue weighted by molar-refractivity contribution is 6.30. The maximum absolute atomic E-state index is 11.7. The topological polar surface area (TPSA) is 70.9 Å². The van der Waals surface area contributed by atoms with Crippen LogP contribution >= 0.6 is 11.6 Å². The summed E-state index contributed by atoms with van der Waals surface area (Å²) in [7, 11) is 0. The lowest BCUT2D eigenvalue weighted by molar-refractivity contribution is -0.123. The van der Waals surface area contributed by atoms with E-state index >= 15 is 0 Å². The molecule has 0 aliphatic rings. The molecule has 0 saturated heterocycles. The van der Waals surface area contributed by atoms with Crippen LogP contribution in [0.3, 0.4) is 0 Å². The monoisotopic (exact) mass is 332 g/mol. The first-order chi connectivity index (χ1) is 11.0. The lowest BCUT2D eigenvalue weighted by Crippen LogP contribution is -2.24. The Hall–Kier alpha value is -2.53. The van der Waals surface area contributed by atoms with Gasteiger partial charge in [-0.2, -0.15) is 5.10 Å². The number of hydrogen-bond donors (Lipinski definition) is 2. The third kappa shape index (κ3) is 5.00. The predicted octanol–water partition coefficient (Wildman–Crippen LogP) is 3.19. The first-order valence-electron chi connectivity index (χ1n) is 6.96. The van der Waals surface area contributed by atoms with Gasteiger partial charge in [-0.3, -0.25) is 4.79 Å². The second kappa shape index (κ2) is 7.65. The second-order valence-corrected chi connectivity index (χ2v) is 5.47. The van der Waals surface area contributed by atoms with E-state index in [0.717, 1.165) is 11.1 Å². The molecule has 0 aromatic heterocycles. The summed E-state index contributed by atoms with van der Waals surface area (Å²) >= 11 is 5.82. The van der Waals surface area contributed by atoms with Crippen LogP contribution < -0.4 is 10.2 Å². The van der Waals surface area contributed by atoms with E-state index in [2.05, 4.69) is 10.5 Å². The zero-order valence-corrected chi connectivity index (χ0v) is 13.6. The van der Waals surface area contributed by atoms with Crippen LogP contribution in [-0.4, -0.2) is 23.8 Å². The largest absolute Gasteiger partial charge is 0.507 e. The molecule has 0 aliphatic heterocycles. The van der Waals surface area contributed by atoms with Crippen molar-refractivity contribution in [1.82, 2.24) is 5.43 Å². The molecule has 5 nitrogen and oxygen atoms in total. The van der Waals surface area contributed by atoms with Gasteiger partial charge in [0.2, 0.25) is 0 Å². The zero-order valence-electron chi connectivity index (χ0n) is 12.8. The quantitative estimate of drug-likeness (QED) is 0.652. The molecular formula is C17H17ClN2O3. The van der Waals surface area contributed by atoms with Gasteiger partial charge in [0.05, 0.1) is 6.21 Å². The number of nitrogens with zero attached hydrogens (tertiary/aromatic N) is 1. The standard InChI is InChI=1S/C17H17ClN2O3/c1-11-3-5-15(7-12(11)2)23-10-17(22)20-19-9-13-8-14(18)4-6-16(13)21/h3-9,21H,10H2,1-2H3,(H,20,22)/b19-9+. The number of rotatable bonds is 5. The minimum atomic E-state index is -0.402. The molecule has 2 rings (SSSR count). The number of aromatic hydroxyl groups is 1. The SMILES string of the molecule is Cc1ccc(OCC(=O)N/N=C/c2cc(Cl)ccc2O)cc1C. The maximum Gasteiger partial charge on any atom is 0.277 e. The molecule has 6 heteroatoms. The molecule has 0 unspecified atom stereocenters. The first-order valence-corrected chi connectivity index (χ1v) is 7.34. The van der Waals surface area contributed by atoms with E-state index < -0.39 is 5.91 Å². The van der Waals surface area contributed by atoms with Crippen molar-refractivity contribution < 1.29 is 14.6 Å². The molecule has 2 aromatic carbocycles. The number of hydrogen-bond acceptors (Lipinski definition) is 4. The minimum absolute atomic E-state index is 0.0266. The fraction of sp³-hybridized carbons (Fsp3) is 0.176. The van der Waals surface area contributed by atoms with E-state index in [0.29, 0.717) is 16.3 Å². The van der Waals surface area contributed by atoms with E-state index in [1.54, 1.807) is 6.07 Å². The molecule has 0 bridgehead atoms. The Labute approximate surface area is 139 Å². The molecule has 0 heterocycles. The Kier molecular flexibility index (Phi) is 5.60. The van der Waals surface area contributed by atoms with Crippen molar-refractivity contribution in [3.05, 3.63) is 58.1 Å². The van der Waals surface area contributed by atoms with Crippen molar-refractivity contribution in [2.45, 2.75) is 13.8 Å². The van der Waals surface area contributed by atoms with Crippen LogP contribution in [0, 0.1) is 13.8 Å². The summed E-state index contributed by atoms with van der Waals surface area (Å²) in [5, 5.41) is 13.8. The number of nitrogens with one attached hydrogen (secondary N) is 1. The average Bonchev–Trinajstić information content (AvgIpc) is 2.52. The van der Waals surface area contributed by atoms with Gasteiger partial charge in [0.25, 0.3) is 5.91 Å². The van der Waals surface area contributed by atoms with Crippen molar-refractivity contribution in [2.24, 2.45) is 5.10 Å². The van der Waals surface area contributed by atoms with Gasteiger partial charge in [-0.1, -0.05) is 17.7 Å². The third-order valence-corrected chi connectivity index (χ3v) is 3.47. The Balaban J connectivity index is 1.86. The van der Waals surface area contributed by atoms with Crippen molar-refractivity contribution in [3.63, 3.8) is 0 Å². The number of halogens is 1. The highest BCUT2D eigenvalue weighted by Gasteiger charge is 2.03. The van der Waals surface area contributed by atoms with Crippen LogP contribution in [0.4, 0.5) is 0 Å². The van der Waals surface area contributed by atoms with Crippen molar-refractivity contribution in [1.29, 1.82) is 0 Å². The number of amides is 1. The maximum atomic E-state index is 11.7. The van der Waals surface area contributed by atoms with Crippen LogP contribution in [0.15, 0.2) is 41.5 Å². The molecule has 2 N–H and O–H groups in total. The Morgan fingerprint density at radius 1 is 1.26 bits per heavy atom. The Bertz CT molecular complexity index is 745. The molecule has 23 heavy (non-hydrogen) atoms. The van der Waals surface area contributed by atoms with Gasteiger partial charge in [-0.15, -0.1) is 0 Å². The summed E-state index contributed by atoms with van der Waals surface area (Å²) in [5.74, 6) is 0.250. The lowest BCUT2D eigenvalue weighted by Gasteiger charge is -2.07. The number of hydrazone groups is 1. The Morgan fingerprint density at radius 2 is 2.04 bits per heavy atom.